The lowest BCUT2D eigenvalue weighted by atomic mass is 10.1. The Morgan fingerprint density at radius 1 is 0.868 bits per heavy atom. The number of thioether (sulfide) groups is 1. The topological polar surface area (TPSA) is 118 Å². The number of amidine groups is 1. The van der Waals surface area contributed by atoms with Crippen LogP contribution < -0.4 is 10.2 Å². The average molecular weight is 756 g/mol. The van der Waals surface area contributed by atoms with E-state index in [-0.39, 0.29) is 17.5 Å². The molecular formula is C41H33N5O4S3. The van der Waals surface area contributed by atoms with Gasteiger partial charge in [0, 0.05) is 17.3 Å². The second-order valence-electron chi connectivity index (χ2n) is 12.7. The van der Waals surface area contributed by atoms with Crippen LogP contribution >= 0.6 is 34.9 Å². The highest BCUT2D eigenvalue weighted by molar-refractivity contribution is 8.19. The maximum absolute atomic E-state index is 14.0. The molecule has 0 aliphatic carbocycles. The molecule has 264 valence electrons. The number of aliphatic imine (C=N–C) groups is 1. The Hall–Kier alpha value is -5.56. The minimum Gasteiger partial charge on any atom is -0.322 e. The van der Waals surface area contributed by atoms with Crippen LogP contribution in [-0.2, 0) is 4.79 Å². The number of aryl methyl sites for hydroxylation is 5. The van der Waals surface area contributed by atoms with Crippen molar-refractivity contribution in [3.63, 3.8) is 0 Å². The number of benzene rings is 5. The lowest BCUT2D eigenvalue weighted by molar-refractivity contribution is -0.387. The first kappa shape index (κ1) is 35.8. The summed E-state index contributed by atoms with van der Waals surface area (Å²) in [4.78, 5) is 50.8. The zero-order valence-corrected chi connectivity index (χ0v) is 31.9. The van der Waals surface area contributed by atoms with E-state index in [4.69, 9.17) is 4.99 Å². The molecule has 5 aromatic carbocycles. The first-order valence-electron chi connectivity index (χ1n) is 16.6. The van der Waals surface area contributed by atoms with Crippen LogP contribution in [0.2, 0.25) is 0 Å². The number of nitro groups is 1. The van der Waals surface area contributed by atoms with Crippen molar-refractivity contribution in [1.82, 2.24) is 4.98 Å². The number of hydrogen-bond donors (Lipinski definition) is 1. The molecule has 9 nitrogen and oxygen atoms in total. The van der Waals surface area contributed by atoms with Crippen LogP contribution in [0, 0.1) is 44.7 Å². The van der Waals surface area contributed by atoms with Gasteiger partial charge in [-0.2, -0.15) is 0 Å². The first-order valence-corrected chi connectivity index (χ1v) is 19.1. The van der Waals surface area contributed by atoms with E-state index < -0.39 is 4.92 Å². The van der Waals surface area contributed by atoms with Crippen LogP contribution in [0.3, 0.4) is 0 Å². The number of fused-ring (bicyclic) bond motifs is 1. The molecule has 12 heteroatoms. The maximum Gasteiger partial charge on any atom is 0.283 e. The molecule has 0 spiro atoms. The maximum atomic E-state index is 14.0. The number of amides is 2. The van der Waals surface area contributed by atoms with E-state index >= 15 is 0 Å². The molecule has 1 aliphatic heterocycles. The van der Waals surface area contributed by atoms with Gasteiger partial charge < -0.3 is 5.32 Å². The summed E-state index contributed by atoms with van der Waals surface area (Å²) in [6, 6.07) is 29.5. The third-order valence-corrected chi connectivity index (χ3v) is 12.1. The van der Waals surface area contributed by atoms with Crippen LogP contribution in [0.15, 0.2) is 116 Å². The third kappa shape index (κ3) is 7.66. The minimum absolute atomic E-state index is 0.0970. The molecule has 0 bridgehead atoms. The Bertz CT molecular complexity index is 2540. The molecule has 1 aromatic heterocycles. The van der Waals surface area contributed by atoms with Gasteiger partial charge in [-0.1, -0.05) is 48.2 Å². The van der Waals surface area contributed by atoms with Gasteiger partial charge in [0.1, 0.15) is 0 Å². The Morgan fingerprint density at radius 3 is 2.36 bits per heavy atom. The quantitative estimate of drug-likeness (QED) is 0.0933. The number of hydrogen-bond acceptors (Lipinski definition) is 9. The van der Waals surface area contributed by atoms with Crippen LogP contribution in [0.5, 0.6) is 0 Å². The number of aromatic nitrogens is 1. The number of carbonyl (C=O) groups excluding carboxylic acids is 2. The van der Waals surface area contributed by atoms with Gasteiger partial charge in [0.25, 0.3) is 17.5 Å². The Balaban J connectivity index is 1.16. The van der Waals surface area contributed by atoms with Gasteiger partial charge in [-0.15, -0.1) is 11.3 Å². The molecule has 53 heavy (non-hydrogen) atoms. The number of nitro benzene ring substituents is 1. The van der Waals surface area contributed by atoms with Crippen LogP contribution in [0.1, 0.15) is 43.7 Å². The van der Waals surface area contributed by atoms with E-state index in [1.807, 2.05) is 101 Å². The van der Waals surface area contributed by atoms with E-state index in [9.17, 15) is 19.7 Å². The van der Waals surface area contributed by atoms with Gasteiger partial charge >= 0.3 is 0 Å². The molecule has 2 heterocycles. The average Bonchev–Trinajstić information content (AvgIpc) is 3.66. The highest BCUT2D eigenvalue weighted by Crippen LogP contribution is 2.42. The molecule has 1 N–H and O–H groups in total. The van der Waals surface area contributed by atoms with E-state index in [1.165, 1.54) is 40.9 Å². The number of carbonyl (C=O) groups is 2. The Labute approximate surface area is 319 Å². The van der Waals surface area contributed by atoms with Crippen molar-refractivity contribution >= 4 is 90.9 Å². The number of anilines is 2. The van der Waals surface area contributed by atoms with Gasteiger partial charge in [-0.3, -0.25) is 24.6 Å². The molecule has 7 rings (SSSR count). The molecule has 0 atom stereocenters. The van der Waals surface area contributed by atoms with Crippen LogP contribution in [0.4, 0.5) is 22.7 Å². The minimum atomic E-state index is -0.422. The van der Waals surface area contributed by atoms with Crippen LogP contribution in [-0.4, -0.2) is 26.9 Å². The van der Waals surface area contributed by atoms with Crippen molar-refractivity contribution in [2.75, 3.05) is 10.2 Å². The van der Waals surface area contributed by atoms with Gasteiger partial charge in [0.05, 0.1) is 36.3 Å². The standard InChI is InChI=1S/C41H33N5O4S3/c1-23-10-13-29(18-26(23)4)43-40-45(31-15-11-24(2)27(5)19-31)39(48)37(51-40)21-28-12-17-35(34(20-28)46(49)50)52-41-44-33-16-14-30(22-36(33)53-41)42-38(47)32-9-7-6-8-25(32)3/h6-22H,1-5H3,(H,42,47)/b37-21-,43-40?. The fourth-order valence-electron chi connectivity index (χ4n) is 5.70. The predicted octanol–water partition coefficient (Wildman–Crippen LogP) is 11.0. The van der Waals surface area contributed by atoms with Crippen molar-refractivity contribution in [2.45, 2.75) is 43.9 Å². The highest BCUT2D eigenvalue weighted by Gasteiger charge is 2.35. The third-order valence-electron chi connectivity index (χ3n) is 8.96. The van der Waals surface area contributed by atoms with Crippen molar-refractivity contribution in [3.05, 3.63) is 151 Å². The van der Waals surface area contributed by atoms with Crippen molar-refractivity contribution in [3.8, 4) is 0 Å². The molecular weight excluding hydrogens is 723 g/mol. The predicted molar refractivity (Wildman–Crippen MR) is 218 cm³/mol. The molecule has 0 radical (unpaired) electrons. The number of nitrogens with one attached hydrogen (secondary N) is 1. The first-order chi connectivity index (χ1) is 25.4. The van der Waals surface area contributed by atoms with Crippen LogP contribution in [0.25, 0.3) is 16.3 Å². The van der Waals surface area contributed by atoms with E-state index in [0.29, 0.717) is 41.8 Å². The summed E-state index contributed by atoms with van der Waals surface area (Å²) in [5.41, 5.74) is 9.08. The zero-order valence-electron chi connectivity index (χ0n) is 29.5. The highest BCUT2D eigenvalue weighted by atomic mass is 32.2. The van der Waals surface area contributed by atoms with E-state index in [2.05, 4.69) is 10.3 Å². The number of thiazole rings is 1. The molecule has 1 fully saturated rings. The van der Waals surface area contributed by atoms with Gasteiger partial charge in [-0.05, 0) is 140 Å². The summed E-state index contributed by atoms with van der Waals surface area (Å²) < 4.78 is 1.46. The van der Waals surface area contributed by atoms with Gasteiger partial charge in [0.2, 0.25) is 0 Å². The Morgan fingerprint density at radius 2 is 1.62 bits per heavy atom. The fourth-order valence-corrected chi connectivity index (χ4v) is 8.85. The van der Waals surface area contributed by atoms with Gasteiger partial charge in [-0.25, -0.2) is 9.98 Å². The second-order valence-corrected chi connectivity index (χ2v) is 16.0. The number of nitrogens with zero attached hydrogens (tertiary/aromatic N) is 4. The molecule has 2 amide bonds. The van der Waals surface area contributed by atoms with E-state index in [1.54, 1.807) is 35.2 Å². The summed E-state index contributed by atoms with van der Waals surface area (Å²) in [5, 5.41) is 15.8. The lowest BCUT2D eigenvalue weighted by Crippen LogP contribution is -2.28. The summed E-state index contributed by atoms with van der Waals surface area (Å²) in [6.45, 7) is 9.97. The Kier molecular flexibility index (Phi) is 10.0. The van der Waals surface area contributed by atoms with Crippen molar-refractivity contribution < 1.29 is 14.5 Å². The summed E-state index contributed by atoms with van der Waals surface area (Å²) >= 11 is 3.82. The summed E-state index contributed by atoms with van der Waals surface area (Å²) in [7, 11) is 0. The fraction of sp³-hybridized carbons (Fsp3) is 0.122. The summed E-state index contributed by atoms with van der Waals surface area (Å²) in [5.74, 6) is -0.460. The summed E-state index contributed by atoms with van der Waals surface area (Å²) in [6.07, 6.45) is 1.68. The molecule has 1 aliphatic rings. The SMILES string of the molecule is Cc1ccc(N=C2S/C(=C\c3ccc(Sc4nc5ccc(NC(=O)c6ccccc6C)cc5s4)c([N+](=O)[O-])c3)C(=O)N2c2ccc(C)c(C)c2)cc1C. The van der Waals surface area contributed by atoms with Crippen molar-refractivity contribution in [2.24, 2.45) is 4.99 Å². The van der Waals surface area contributed by atoms with Gasteiger partial charge in [0.15, 0.2) is 9.51 Å². The number of rotatable bonds is 8. The smallest absolute Gasteiger partial charge is 0.283 e. The molecule has 6 aromatic rings. The largest absolute Gasteiger partial charge is 0.322 e. The van der Waals surface area contributed by atoms with E-state index in [0.717, 1.165) is 43.7 Å². The molecule has 0 saturated carbocycles. The monoisotopic (exact) mass is 755 g/mol. The normalized spacial score (nSPS) is 14.4. The zero-order chi connectivity index (χ0) is 37.4. The molecule has 0 unspecified atom stereocenters. The lowest BCUT2D eigenvalue weighted by Gasteiger charge is -2.17. The second kappa shape index (κ2) is 14.8. The van der Waals surface area contributed by atoms with Crippen molar-refractivity contribution in [1.29, 1.82) is 0 Å². The molecule has 1 saturated heterocycles.